The molecule has 100 valence electrons. The molecule has 5 heteroatoms. The lowest BCUT2D eigenvalue weighted by molar-refractivity contribution is -0.148. The normalized spacial score (nSPS) is 22.5. The Morgan fingerprint density at radius 1 is 1.65 bits per heavy atom. The fourth-order valence-corrected chi connectivity index (χ4v) is 1.99. The fraction of sp³-hybridized carbons (Fsp3) is 0.917. The van der Waals surface area contributed by atoms with Gasteiger partial charge < -0.3 is 19.7 Å². The van der Waals surface area contributed by atoms with Crippen molar-refractivity contribution in [1.29, 1.82) is 0 Å². The molecule has 1 saturated heterocycles. The van der Waals surface area contributed by atoms with Crippen LogP contribution in [0.15, 0.2) is 0 Å². The van der Waals surface area contributed by atoms with Crippen molar-refractivity contribution in [2.24, 2.45) is 5.92 Å². The molecule has 2 atom stereocenters. The second-order valence-electron chi connectivity index (χ2n) is 4.57. The Hall–Kier alpha value is -0.650. The maximum absolute atomic E-state index is 11.5. The topological polar surface area (TPSA) is 50.8 Å². The summed E-state index contributed by atoms with van der Waals surface area (Å²) in [5.74, 6) is -0.210. The largest absolute Gasteiger partial charge is 0.466 e. The molecule has 5 nitrogen and oxygen atoms in total. The maximum Gasteiger partial charge on any atom is 0.309 e. The third-order valence-corrected chi connectivity index (χ3v) is 2.79. The summed E-state index contributed by atoms with van der Waals surface area (Å²) in [6.07, 6.45) is 0.225. The highest BCUT2D eigenvalue weighted by Gasteiger charge is 2.20. The van der Waals surface area contributed by atoms with E-state index >= 15 is 0 Å². The number of hydrogen-bond donors (Lipinski definition) is 1. The first-order chi connectivity index (χ1) is 8.13. The van der Waals surface area contributed by atoms with Gasteiger partial charge in [-0.1, -0.05) is 6.92 Å². The van der Waals surface area contributed by atoms with E-state index in [4.69, 9.17) is 9.47 Å². The quantitative estimate of drug-likeness (QED) is 0.672. The lowest BCUT2D eigenvalue weighted by Gasteiger charge is -2.28. The van der Waals surface area contributed by atoms with Gasteiger partial charge in [0.2, 0.25) is 0 Å². The number of morpholine rings is 1. The van der Waals surface area contributed by atoms with Crippen molar-refractivity contribution in [1.82, 2.24) is 10.2 Å². The van der Waals surface area contributed by atoms with Crippen LogP contribution in [-0.2, 0) is 14.3 Å². The fourth-order valence-electron chi connectivity index (χ4n) is 1.99. The average molecular weight is 244 g/mol. The zero-order valence-corrected chi connectivity index (χ0v) is 11.1. The molecular weight excluding hydrogens is 220 g/mol. The second-order valence-corrected chi connectivity index (χ2v) is 4.57. The molecule has 0 aromatic carbocycles. The van der Waals surface area contributed by atoms with Gasteiger partial charge in [0.05, 0.1) is 25.2 Å². The first kappa shape index (κ1) is 14.4. The Labute approximate surface area is 103 Å². The predicted molar refractivity (Wildman–Crippen MR) is 65.9 cm³/mol. The molecule has 0 amide bonds. The van der Waals surface area contributed by atoms with Crippen LogP contribution in [0, 0.1) is 5.92 Å². The number of nitrogens with zero attached hydrogens (tertiary/aromatic N) is 1. The first-order valence-electron chi connectivity index (χ1n) is 6.31. The monoisotopic (exact) mass is 244 g/mol. The zero-order chi connectivity index (χ0) is 12.7. The molecule has 0 aromatic heterocycles. The number of rotatable bonds is 6. The Balaban J connectivity index is 2.22. The van der Waals surface area contributed by atoms with Crippen LogP contribution in [-0.4, -0.2) is 63.4 Å². The van der Waals surface area contributed by atoms with E-state index in [1.54, 1.807) is 0 Å². The van der Waals surface area contributed by atoms with E-state index < -0.39 is 0 Å². The zero-order valence-electron chi connectivity index (χ0n) is 11.1. The number of likely N-dealkylation sites (N-methyl/N-ethyl adjacent to an activating group) is 1. The Morgan fingerprint density at radius 3 is 3.00 bits per heavy atom. The highest BCUT2D eigenvalue weighted by atomic mass is 16.5. The van der Waals surface area contributed by atoms with Gasteiger partial charge in [-0.25, -0.2) is 0 Å². The lowest BCUT2D eigenvalue weighted by Crippen LogP contribution is -2.45. The van der Waals surface area contributed by atoms with Crippen LogP contribution in [0.1, 0.15) is 13.8 Å². The van der Waals surface area contributed by atoms with Crippen LogP contribution in [0.3, 0.4) is 0 Å². The van der Waals surface area contributed by atoms with E-state index in [1.807, 2.05) is 20.9 Å². The number of ether oxygens (including phenoxy) is 2. The van der Waals surface area contributed by atoms with E-state index in [9.17, 15) is 4.79 Å². The van der Waals surface area contributed by atoms with Crippen LogP contribution in [0.2, 0.25) is 0 Å². The van der Waals surface area contributed by atoms with Gasteiger partial charge in [-0.3, -0.25) is 4.79 Å². The minimum Gasteiger partial charge on any atom is -0.466 e. The van der Waals surface area contributed by atoms with E-state index in [1.165, 1.54) is 0 Å². The van der Waals surface area contributed by atoms with Gasteiger partial charge in [-0.05, 0) is 14.0 Å². The summed E-state index contributed by atoms with van der Waals surface area (Å²) in [5, 5.41) is 3.29. The molecule has 0 saturated carbocycles. The third-order valence-electron chi connectivity index (χ3n) is 2.79. The van der Waals surface area contributed by atoms with Crippen molar-refractivity contribution in [2.75, 3.05) is 46.4 Å². The van der Waals surface area contributed by atoms with Crippen molar-refractivity contribution in [3.8, 4) is 0 Å². The highest BCUT2D eigenvalue weighted by Crippen LogP contribution is 2.04. The van der Waals surface area contributed by atoms with Crippen LogP contribution in [0.5, 0.6) is 0 Å². The molecule has 1 heterocycles. The molecule has 2 unspecified atom stereocenters. The number of carbonyl (C=O) groups excluding carboxylic acids is 1. The molecule has 1 aliphatic rings. The molecule has 1 rings (SSSR count). The molecule has 1 fully saturated rings. The molecule has 1 aliphatic heterocycles. The minimum atomic E-state index is -0.123. The lowest BCUT2D eigenvalue weighted by atomic mass is 10.1. The molecular formula is C12H24N2O3. The number of esters is 1. The SMILES string of the molecule is CCOC(=O)C(C)CN(C)CC1CNCCO1. The minimum absolute atomic E-state index is 0.0866. The standard InChI is InChI=1S/C12H24N2O3/c1-4-16-12(15)10(2)8-14(3)9-11-7-13-5-6-17-11/h10-11,13H,4-9H2,1-3H3. The smallest absolute Gasteiger partial charge is 0.309 e. The summed E-state index contributed by atoms with van der Waals surface area (Å²) >= 11 is 0. The Kier molecular flexibility index (Phi) is 6.47. The summed E-state index contributed by atoms with van der Waals surface area (Å²) in [4.78, 5) is 13.6. The number of nitrogens with one attached hydrogen (secondary N) is 1. The van der Waals surface area contributed by atoms with Crippen molar-refractivity contribution in [3.05, 3.63) is 0 Å². The first-order valence-corrected chi connectivity index (χ1v) is 6.31. The van der Waals surface area contributed by atoms with Gasteiger partial charge in [0.15, 0.2) is 0 Å². The third kappa shape index (κ3) is 5.48. The van der Waals surface area contributed by atoms with Crippen molar-refractivity contribution in [2.45, 2.75) is 20.0 Å². The van der Waals surface area contributed by atoms with Gasteiger partial charge in [0.25, 0.3) is 0 Å². The molecule has 0 aliphatic carbocycles. The summed E-state index contributed by atoms with van der Waals surface area (Å²) < 4.78 is 10.6. The van der Waals surface area contributed by atoms with E-state index in [0.29, 0.717) is 13.2 Å². The van der Waals surface area contributed by atoms with Gasteiger partial charge in [0.1, 0.15) is 0 Å². The van der Waals surface area contributed by atoms with Crippen LogP contribution in [0.4, 0.5) is 0 Å². The summed E-state index contributed by atoms with van der Waals surface area (Å²) in [6.45, 7) is 8.31. The van der Waals surface area contributed by atoms with Gasteiger partial charge in [0, 0.05) is 26.2 Å². The Morgan fingerprint density at radius 2 is 2.41 bits per heavy atom. The average Bonchev–Trinajstić information content (AvgIpc) is 2.30. The summed E-state index contributed by atoms with van der Waals surface area (Å²) in [6, 6.07) is 0. The molecule has 0 bridgehead atoms. The van der Waals surface area contributed by atoms with Crippen LogP contribution in [0.25, 0.3) is 0 Å². The number of carbonyl (C=O) groups is 1. The van der Waals surface area contributed by atoms with Crippen molar-refractivity contribution >= 4 is 5.97 Å². The molecule has 0 aromatic rings. The van der Waals surface area contributed by atoms with Crippen molar-refractivity contribution < 1.29 is 14.3 Å². The summed E-state index contributed by atoms with van der Waals surface area (Å²) in [5.41, 5.74) is 0. The van der Waals surface area contributed by atoms with E-state index in [2.05, 4.69) is 10.2 Å². The summed E-state index contributed by atoms with van der Waals surface area (Å²) in [7, 11) is 2.01. The maximum atomic E-state index is 11.5. The number of hydrogen-bond acceptors (Lipinski definition) is 5. The van der Waals surface area contributed by atoms with Gasteiger partial charge in [-0.15, -0.1) is 0 Å². The van der Waals surface area contributed by atoms with Crippen molar-refractivity contribution in [3.63, 3.8) is 0 Å². The van der Waals surface area contributed by atoms with Gasteiger partial charge in [-0.2, -0.15) is 0 Å². The molecule has 17 heavy (non-hydrogen) atoms. The van der Waals surface area contributed by atoms with Crippen LogP contribution >= 0.6 is 0 Å². The highest BCUT2D eigenvalue weighted by molar-refractivity contribution is 5.72. The Bertz CT molecular complexity index is 230. The van der Waals surface area contributed by atoms with E-state index in [-0.39, 0.29) is 18.0 Å². The predicted octanol–water partition coefficient (Wildman–Crippen LogP) is 0.106. The van der Waals surface area contributed by atoms with Crippen LogP contribution < -0.4 is 5.32 Å². The molecule has 1 N–H and O–H groups in total. The second kappa shape index (κ2) is 7.63. The van der Waals surface area contributed by atoms with Gasteiger partial charge >= 0.3 is 5.97 Å². The molecule has 0 spiro atoms. The van der Waals surface area contributed by atoms with E-state index in [0.717, 1.165) is 26.2 Å². The molecule has 0 radical (unpaired) electrons.